The van der Waals surface area contributed by atoms with E-state index < -0.39 is 0 Å². The summed E-state index contributed by atoms with van der Waals surface area (Å²) in [6.45, 7) is 0.666. The van der Waals surface area contributed by atoms with Crippen LogP contribution in [0.3, 0.4) is 0 Å². The summed E-state index contributed by atoms with van der Waals surface area (Å²) in [6, 6.07) is 10.4. The summed E-state index contributed by atoms with van der Waals surface area (Å²) in [4.78, 5) is 14.9. The van der Waals surface area contributed by atoms with Crippen LogP contribution in [-0.4, -0.2) is 28.1 Å². The third kappa shape index (κ3) is 2.58. The third-order valence-electron chi connectivity index (χ3n) is 5.24. The van der Waals surface area contributed by atoms with Crippen molar-refractivity contribution in [2.45, 2.75) is 50.8 Å². The predicted octanol–water partition coefficient (Wildman–Crippen LogP) is 4.25. The number of nitrogens with zero attached hydrogens (tertiary/aromatic N) is 1. The first-order chi connectivity index (χ1) is 11.1. The molecule has 120 valence electrons. The molecule has 4 heteroatoms. The first-order valence-electron chi connectivity index (χ1n) is 8.34. The van der Waals surface area contributed by atoms with Crippen LogP contribution in [0.15, 0.2) is 34.8 Å². The van der Waals surface area contributed by atoms with E-state index in [-0.39, 0.29) is 18.1 Å². The average molecular weight is 374 g/mol. The van der Waals surface area contributed by atoms with Crippen molar-refractivity contribution in [3.63, 3.8) is 0 Å². The highest BCUT2D eigenvalue weighted by atomic mass is 79.9. The van der Waals surface area contributed by atoms with Gasteiger partial charge in [0.15, 0.2) is 0 Å². The van der Waals surface area contributed by atoms with E-state index in [2.05, 4.69) is 28.1 Å². The second-order valence-electron chi connectivity index (χ2n) is 6.69. The number of aliphatic hydroxyl groups excluding tert-OH is 1. The molecule has 2 aliphatic rings. The van der Waals surface area contributed by atoms with Gasteiger partial charge < -0.3 is 10.0 Å². The molecule has 4 rings (SSSR count). The van der Waals surface area contributed by atoms with Crippen LogP contribution in [0.1, 0.15) is 48.0 Å². The van der Waals surface area contributed by atoms with Gasteiger partial charge in [0.25, 0.3) is 5.91 Å². The lowest BCUT2D eigenvalue weighted by Gasteiger charge is -2.27. The SMILES string of the molecule is O=C1c2cc(Br)c3ccccc3c2CN1C1CCCCC(O)C1. The molecule has 2 aromatic carbocycles. The zero-order valence-corrected chi connectivity index (χ0v) is 14.6. The van der Waals surface area contributed by atoms with Crippen molar-refractivity contribution < 1.29 is 9.90 Å². The summed E-state index contributed by atoms with van der Waals surface area (Å²) in [5.74, 6) is 0.116. The largest absolute Gasteiger partial charge is 0.393 e. The fourth-order valence-corrected chi connectivity index (χ4v) is 4.61. The summed E-state index contributed by atoms with van der Waals surface area (Å²) in [6.07, 6.45) is 4.43. The van der Waals surface area contributed by atoms with Crippen molar-refractivity contribution in [3.05, 3.63) is 45.9 Å². The maximum absolute atomic E-state index is 12.9. The number of carbonyl (C=O) groups excluding carboxylic acids is 1. The van der Waals surface area contributed by atoms with E-state index in [1.54, 1.807) is 0 Å². The maximum Gasteiger partial charge on any atom is 0.254 e. The molecule has 1 aliphatic heterocycles. The standard InChI is InChI=1S/C19H20BrNO2/c20-18-10-16-17(14-7-3-4-8-15(14)18)11-21(19(16)23)12-5-1-2-6-13(22)9-12/h3-4,7-8,10,12-13,22H,1-2,5-6,9,11H2. The molecule has 1 N–H and O–H groups in total. The Morgan fingerprint density at radius 3 is 2.70 bits per heavy atom. The Balaban J connectivity index is 1.74. The lowest BCUT2D eigenvalue weighted by molar-refractivity contribution is 0.0615. The summed E-state index contributed by atoms with van der Waals surface area (Å²) in [7, 11) is 0. The first kappa shape index (κ1) is 15.2. The highest BCUT2D eigenvalue weighted by Gasteiger charge is 2.35. The molecule has 0 aromatic heterocycles. The van der Waals surface area contributed by atoms with Gasteiger partial charge in [-0.3, -0.25) is 4.79 Å². The van der Waals surface area contributed by atoms with Crippen LogP contribution in [0.4, 0.5) is 0 Å². The molecule has 0 saturated heterocycles. The van der Waals surface area contributed by atoms with Crippen molar-refractivity contribution in [2.75, 3.05) is 0 Å². The lowest BCUT2D eigenvalue weighted by Crippen LogP contribution is -2.37. The molecule has 1 amide bonds. The van der Waals surface area contributed by atoms with Gasteiger partial charge in [-0.2, -0.15) is 0 Å². The zero-order valence-electron chi connectivity index (χ0n) is 13.0. The maximum atomic E-state index is 12.9. The molecule has 2 unspecified atom stereocenters. The Hall–Kier alpha value is -1.39. The highest BCUT2D eigenvalue weighted by molar-refractivity contribution is 9.10. The number of hydrogen-bond donors (Lipinski definition) is 1. The molecule has 1 saturated carbocycles. The van der Waals surface area contributed by atoms with Crippen molar-refractivity contribution >= 4 is 32.6 Å². The Morgan fingerprint density at radius 1 is 1.13 bits per heavy atom. The van der Waals surface area contributed by atoms with Crippen molar-refractivity contribution in [1.82, 2.24) is 4.90 Å². The minimum Gasteiger partial charge on any atom is -0.393 e. The summed E-state index contributed by atoms with van der Waals surface area (Å²) in [5.41, 5.74) is 1.95. The normalized spacial score (nSPS) is 24.8. The van der Waals surface area contributed by atoms with Gasteiger partial charge in [-0.25, -0.2) is 0 Å². The average Bonchev–Trinajstić information content (AvgIpc) is 2.73. The van der Waals surface area contributed by atoms with Crippen LogP contribution < -0.4 is 0 Å². The van der Waals surface area contributed by atoms with Crippen LogP contribution in [0.25, 0.3) is 10.8 Å². The molecule has 23 heavy (non-hydrogen) atoms. The molecular weight excluding hydrogens is 354 g/mol. The number of carbonyl (C=O) groups is 1. The smallest absolute Gasteiger partial charge is 0.254 e. The molecule has 2 atom stereocenters. The zero-order chi connectivity index (χ0) is 16.0. The number of hydrogen-bond acceptors (Lipinski definition) is 2. The van der Waals surface area contributed by atoms with Crippen LogP contribution in [0, 0.1) is 0 Å². The fourth-order valence-electron chi connectivity index (χ4n) is 4.04. The van der Waals surface area contributed by atoms with Gasteiger partial charge in [-0.1, -0.05) is 53.0 Å². The monoisotopic (exact) mass is 373 g/mol. The van der Waals surface area contributed by atoms with Crippen molar-refractivity contribution in [3.8, 4) is 0 Å². The van der Waals surface area contributed by atoms with Gasteiger partial charge in [0, 0.05) is 22.6 Å². The van der Waals surface area contributed by atoms with E-state index in [0.717, 1.165) is 52.1 Å². The minimum absolute atomic E-state index is 0.116. The van der Waals surface area contributed by atoms with Crippen molar-refractivity contribution in [1.29, 1.82) is 0 Å². The van der Waals surface area contributed by atoms with E-state index in [1.807, 2.05) is 23.1 Å². The lowest BCUT2D eigenvalue weighted by atomic mass is 10.0. The van der Waals surface area contributed by atoms with E-state index in [1.165, 1.54) is 0 Å². The number of rotatable bonds is 1. The topological polar surface area (TPSA) is 40.5 Å². The summed E-state index contributed by atoms with van der Waals surface area (Å²) < 4.78 is 0.975. The predicted molar refractivity (Wildman–Crippen MR) is 94.4 cm³/mol. The van der Waals surface area contributed by atoms with Gasteiger partial charge in [-0.15, -0.1) is 0 Å². The third-order valence-corrected chi connectivity index (χ3v) is 5.89. The van der Waals surface area contributed by atoms with Crippen LogP contribution in [0.2, 0.25) is 0 Å². The minimum atomic E-state index is -0.275. The molecule has 1 aliphatic carbocycles. The number of aliphatic hydroxyl groups is 1. The quantitative estimate of drug-likeness (QED) is 0.758. The molecule has 1 fully saturated rings. The van der Waals surface area contributed by atoms with Gasteiger partial charge in [0.2, 0.25) is 0 Å². The second-order valence-corrected chi connectivity index (χ2v) is 7.55. The summed E-state index contributed by atoms with van der Waals surface area (Å²) >= 11 is 3.61. The molecule has 0 bridgehead atoms. The Labute approximate surface area is 144 Å². The van der Waals surface area contributed by atoms with E-state index in [9.17, 15) is 9.90 Å². The van der Waals surface area contributed by atoms with Crippen LogP contribution >= 0.6 is 15.9 Å². The van der Waals surface area contributed by atoms with Gasteiger partial charge in [0.1, 0.15) is 0 Å². The Bertz CT molecular complexity index is 773. The van der Waals surface area contributed by atoms with Gasteiger partial charge in [0.05, 0.1) is 6.10 Å². The van der Waals surface area contributed by atoms with E-state index in [0.29, 0.717) is 13.0 Å². The van der Waals surface area contributed by atoms with Crippen LogP contribution in [0.5, 0.6) is 0 Å². The Kier molecular flexibility index (Phi) is 3.90. The molecule has 3 nitrogen and oxygen atoms in total. The number of fused-ring (bicyclic) bond motifs is 3. The molecule has 1 heterocycles. The fraction of sp³-hybridized carbons (Fsp3) is 0.421. The van der Waals surface area contributed by atoms with Gasteiger partial charge in [-0.05, 0) is 41.7 Å². The van der Waals surface area contributed by atoms with E-state index >= 15 is 0 Å². The van der Waals surface area contributed by atoms with E-state index in [4.69, 9.17) is 0 Å². The van der Waals surface area contributed by atoms with Crippen molar-refractivity contribution in [2.24, 2.45) is 0 Å². The molecular formula is C19H20BrNO2. The molecule has 0 spiro atoms. The number of halogens is 1. The number of benzene rings is 2. The van der Waals surface area contributed by atoms with Gasteiger partial charge >= 0.3 is 0 Å². The first-order valence-corrected chi connectivity index (χ1v) is 9.13. The summed E-state index contributed by atoms with van der Waals surface area (Å²) in [5, 5.41) is 12.4. The number of amides is 1. The molecule has 2 aromatic rings. The molecule has 0 radical (unpaired) electrons. The van der Waals surface area contributed by atoms with Crippen LogP contribution in [-0.2, 0) is 6.54 Å². The second kappa shape index (κ2) is 5.91. The Morgan fingerprint density at radius 2 is 1.87 bits per heavy atom. The highest BCUT2D eigenvalue weighted by Crippen LogP contribution is 2.37.